The molecule has 0 N–H and O–H groups in total. The van der Waals surface area contributed by atoms with Crippen molar-refractivity contribution in [3.8, 4) is 0 Å². The van der Waals surface area contributed by atoms with Crippen LogP contribution in [-0.2, 0) is 19.1 Å². The first-order chi connectivity index (χ1) is 7.56. The van der Waals surface area contributed by atoms with Gasteiger partial charge in [0, 0.05) is 12.8 Å². The number of carbonyl (C=O) groups is 3. The molecule has 0 radical (unpaired) electrons. The summed E-state index contributed by atoms with van der Waals surface area (Å²) < 4.78 is 4.88. The van der Waals surface area contributed by atoms with E-state index in [9.17, 15) is 14.4 Å². The van der Waals surface area contributed by atoms with Gasteiger partial charge in [0.15, 0.2) is 0 Å². The Labute approximate surface area is 95.3 Å². The van der Waals surface area contributed by atoms with E-state index >= 15 is 0 Å². The van der Waals surface area contributed by atoms with Crippen LogP contribution >= 0.6 is 0 Å². The van der Waals surface area contributed by atoms with Crippen molar-refractivity contribution < 1.29 is 19.1 Å². The lowest BCUT2D eigenvalue weighted by atomic mass is 9.78. The molecule has 1 saturated carbocycles. The van der Waals surface area contributed by atoms with Gasteiger partial charge in [-0.2, -0.15) is 0 Å². The highest BCUT2D eigenvalue weighted by molar-refractivity contribution is 5.98. The Morgan fingerprint density at radius 1 is 1.50 bits per heavy atom. The van der Waals surface area contributed by atoms with Crippen LogP contribution in [-0.4, -0.2) is 24.1 Å². The Kier molecular flexibility index (Phi) is 4.65. The predicted octanol–water partition coefficient (Wildman–Crippen LogP) is 1.51. The second-order valence-electron chi connectivity index (χ2n) is 4.24. The quantitative estimate of drug-likeness (QED) is 0.538. The van der Waals surface area contributed by atoms with Crippen molar-refractivity contribution in [2.45, 2.75) is 39.5 Å². The van der Waals surface area contributed by atoms with Crippen molar-refractivity contribution in [1.82, 2.24) is 0 Å². The van der Waals surface area contributed by atoms with Gasteiger partial charge in [0.05, 0.1) is 6.61 Å². The van der Waals surface area contributed by atoms with Crippen molar-refractivity contribution in [3.05, 3.63) is 0 Å². The Balaban J connectivity index is 2.72. The molecule has 0 bridgehead atoms. The van der Waals surface area contributed by atoms with Crippen molar-refractivity contribution in [2.24, 2.45) is 11.8 Å². The van der Waals surface area contributed by atoms with Crippen LogP contribution in [0.3, 0.4) is 0 Å². The molecule has 4 nitrogen and oxygen atoms in total. The molecule has 0 aliphatic heterocycles. The molecule has 0 aromatic carbocycles. The maximum absolute atomic E-state index is 11.6. The summed E-state index contributed by atoms with van der Waals surface area (Å²) in [6.07, 6.45) is 2.44. The van der Waals surface area contributed by atoms with Crippen LogP contribution < -0.4 is 0 Å². The van der Waals surface area contributed by atoms with Gasteiger partial charge in [0.1, 0.15) is 17.5 Å². The number of hydrogen-bond acceptors (Lipinski definition) is 4. The molecule has 2 atom stereocenters. The first-order valence-electron chi connectivity index (χ1n) is 5.75. The largest absolute Gasteiger partial charge is 0.465 e. The van der Waals surface area contributed by atoms with Gasteiger partial charge < -0.3 is 4.74 Å². The van der Waals surface area contributed by atoms with Gasteiger partial charge in [0.2, 0.25) is 0 Å². The van der Waals surface area contributed by atoms with E-state index in [2.05, 4.69) is 0 Å². The van der Waals surface area contributed by atoms with Crippen molar-refractivity contribution in [2.75, 3.05) is 6.61 Å². The van der Waals surface area contributed by atoms with E-state index in [0.29, 0.717) is 12.8 Å². The average molecular weight is 226 g/mol. The Bertz CT molecular complexity index is 295. The summed E-state index contributed by atoms with van der Waals surface area (Å²) in [4.78, 5) is 34.4. The summed E-state index contributed by atoms with van der Waals surface area (Å²) in [7, 11) is 0. The van der Waals surface area contributed by atoms with Gasteiger partial charge in [-0.15, -0.1) is 0 Å². The number of Topliss-reactive ketones (excluding diaryl/α,β-unsaturated/α-hetero) is 2. The fraction of sp³-hybridized carbons (Fsp3) is 0.750. The molecule has 90 valence electrons. The first kappa shape index (κ1) is 12.9. The molecule has 1 fully saturated rings. The van der Waals surface area contributed by atoms with Gasteiger partial charge >= 0.3 is 5.97 Å². The average Bonchev–Trinajstić information content (AvgIpc) is 2.17. The number of esters is 1. The maximum Gasteiger partial charge on any atom is 0.316 e. The van der Waals surface area contributed by atoms with Crippen LogP contribution in [0.25, 0.3) is 0 Å². The molecule has 1 rings (SSSR count). The highest BCUT2D eigenvalue weighted by Crippen LogP contribution is 2.29. The number of carbonyl (C=O) groups excluding carboxylic acids is 3. The molecule has 0 aromatic rings. The summed E-state index contributed by atoms with van der Waals surface area (Å²) >= 11 is 0. The highest BCUT2D eigenvalue weighted by Gasteiger charge is 2.36. The van der Waals surface area contributed by atoms with Crippen LogP contribution in [0, 0.1) is 11.8 Å². The second kappa shape index (κ2) is 5.77. The molecule has 1 aliphatic carbocycles. The molecule has 0 spiro atoms. The SMILES string of the molecule is CCOC(=O)C(C(C)=O)[C@H]1CCCC(=O)C1. The van der Waals surface area contributed by atoms with Gasteiger partial charge in [0.25, 0.3) is 0 Å². The minimum Gasteiger partial charge on any atom is -0.465 e. The van der Waals surface area contributed by atoms with Crippen molar-refractivity contribution in [1.29, 1.82) is 0 Å². The number of hydrogen-bond donors (Lipinski definition) is 0. The predicted molar refractivity (Wildman–Crippen MR) is 57.8 cm³/mol. The summed E-state index contributed by atoms with van der Waals surface area (Å²) in [6.45, 7) is 3.37. The lowest BCUT2D eigenvalue weighted by molar-refractivity contribution is -0.154. The minimum absolute atomic E-state index is 0.145. The second-order valence-corrected chi connectivity index (χ2v) is 4.24. The van der Waals surface area contributed by atoms with Crippen molar-refractivity contribution in [3.63, 3.8) is 0 Å². The standard InChI is InChI=1S/C12H18O4/c1-3-16-12(15)11(8(2)13)9-5-4-6-10(14)7-9/h9,11H,3-7H2,1-2H3/t9-,11?/m0/s1. The fourth-order valence-corrected chi connectivity index (χ4v) is 2.26. The zero-order valence-electron chi connectivity index (χ0n) is 9.82. The molecule has 1 unspecified atom stereocenters. The fourth-order valence-electron chi connectivity index (χ4n) is 2.26. The molecular weight excluding hydrogens is 208 g/mol. The van der Waals surface area contributed by atoms with Gasteiger partial charge in [-0.3, -0.25) is 14.4 Å². The Morgan fingerprint density at radius 2 is 2.19 bits per heavy atom. The van der Waals surface area contributed by atoms with Crippen LogP contribution in [0.1, 0.15) is 39.5 Å². The van der Waals surface area contributed by atoms with E-state index < -0.39 is 11.9 Å². The van der Waals surface area contributed by atoms with Crippen LogP contribution in [0.15, 0.2) is 0 Å². The van der Waals surface area contributed by atoms with E-state index in [1.165, 1.54) is 6.92 Å². The molecule has 0 saturated heterocycles. The van der Waals surface area contributed by atoms with Crippen LogP contribution in [0.4, 0.5) is 0 Å². The molecule has 0 amide bonds. The van der Waals surface area contributed by atoms with Crippen LogP contribution in [0.2, 0.25) is 0 Å². The van der Waals surface area contributed by atoms with E-state index in [4.69, 9.17) is 4.74 Å². The summed E-state index contributed by atoms with van der Waals surface area (Å²) in [5.41, 5.74) is 0. The van der Waals surface area contributed by atoms with E-state index in [1.807, 2.05) is 0 Å². The molecule has 1 aliphatic rings. The maximum atomic E-state index is 11.6. The Hall–Kier alpha value is -1.19. The van der Waals surface area contributed by atoms with E-state index in [0.717, 1.165) is 12.8 Å². The molecule has 0 heterocycles. The number of rotatable bonds is 4. The molecule has 16 heavy (non-hydrogen) atoms. The normalized spacial score (nSPS) is 22.6. The van der Waals surface area contributed by atoms with Crippen LogP contribution in [0.5, 0.6) is 0 Å². The first-order valence-corrected chi connectivity index (χ1v) is 5.75. The summed E-state index contributed by atoms with van der Waals surface area (Å²) in [5.74, 6) is -1.43. The van der Waals surface area contributed by atoms with Gasteiger partial charge in [-0.1, -0.05) is 0 Å². The molecule has 0 aromatic heterocycles. The van der Waals surface area contributed by atoms with Gasteiger partial charge in [-0.05, 0) is 32.6 Å². The smallest absolute Gasteiger partial charge is 0.316 e. The minimum atomic E-state index is -0.746. The zero-order valence-corrected chi connectivity index (χ0v) is 9.82. The molecular formula is C12H18O4. The monoisotopic (exact) mass is 226 g/mol. The lowest BCUT2D eigenvalue weighted by Gasteiger charge is -2.26. The number of ether oxygens (including phenoxy) is 1. The molecule has 4 heteroatoms. The van der Waals surface area contributed by atoms with E-state index in [-0.39, 0.29) is 24.1 Å². The zero-order chi connectivity index (χ0) is 12.1. The van der Waals surface area contributed by atoms with Gasteiger partial charge in [-0.25, -0.2) is 0 Å². The third-order valence-electron chi connectivity index (χ3n) is 2.97. The number of ketones is 2. The summed E-state index contributed by atoms with van der Waals surface area (Å²) in [5, 5.41) is 0. The van der Waals surface area contributed by atoms with E-state index in [1.54, 1.807) is 6.92 Å². The lowest BCUT2D eigenvalue weighted by Crippen LogP contribution is -2.34. The third-order valence-corrected chi connectivity index (χ3v) is 2.97. The topological polar surface area (TPSA) is 60.4 Å². The van der Waals surface area contributed by atoms with Crippen molar-refractivity contribution >= 4 is 17.5 Å². The third kappa shape index (κ3) is 3.15. The highest BCUT2D eigenvalue weighted by atomic mass is 16.5. The summed E-state index contributed by atoms with van der Waals surface area (Å²) in [6, 6.07) is 0. The Morgan fingerprint density at radius 3 is 2.69 bits per heavy atom.